The SMILES string of the molecule is NCc1cc2cc(-c3ncc(C(=O)O)cn3)cc(C(F)(F)F)c2o1. The first kappa shape index (κ1) is 15.9. The lowest BCUT2D eigenvalue weighted by Gasteiger charge is -2.09. The van der Waals surface area contributed by atoms with Gasteiger partial charge in [-0.1, -0.05) is 0 Å². The Bertz CT molecular complexity index is 917. The predicted molar refractivity (Wildman–Crippen MR) is 77.1 cm³/mol. The Morgan fingerprint density at radius 3 is 2.42 bits per heavy atom. The topological polar surface area (TPSA) is 102 Å². The molecule has 0 bridgehead atoms. The van der Waals surface area contributed by atoms with Gasteiger partial charge in [0.15, 0.2) is 5.82 Å². The Kier molecular flexibility index (Phi) is 3.72. The molecular weight excluding hydrogens is 327 g/mol. The van der Waals surface area contributed by atoms with E-state index in [9.17, 15) is 18.0 Å². The Morgan fingerprint density at radius 1 is 1.21 bits per heavy atom. The van der Waals surface area contributed by atoms with Gasteiger partial charge < -0.3 is 15.3 Å². The molecule has 0 saturated heterocycles. The molecule has 3 rings (SSSR count). The first-order valence-corrected chi connectivity index (χ1v) is 6.69. The van der Waals surface area contributed by atoms with E-state index in [1.807, 2.05) is 0 Å². The minimum atomic E-state index is -4.64. The Morgan fingerprint density at radius 2 is 1.88 bits per heavy atom. The third-order valence-electron chi connectivity index (χ3n) is 3.33. The fraction of sp³-hybridized carbons (Fsp3) is 0.133. The number of fused-ring (bicyclic) bond motifs is 1. The molecule has 0 aliphatic rings. The van der Waals surface area contributed by atoms with Crippen molar-refractivity contribution in [3.63, 3.8) is 0 Å². The number of benzene rings is 1. The Balaban J connectivity index is 2.19. The van der Waals surface area contributed by atoms with Crippen molar-refractivity contribution >= 4 is 16.9 Å². The molecule has 0 aliphatic heterocycles. The van der Waals surface area contributed by atoms with Gasteiger partial charge in [-0.05, 0) is 18.2 Å². The highest BCUT2D eigenvalue weighted by atomic mass is 19.4. The third kappa shape index (κ3) is 2.81. The third-order valence-corrected chi connectivity index (χ3v) is 3.33. The fourth-order valence-corrected chi connectivity index (χ4v) is 2.23. The van der Waals surface area contributed by atoms with Crippen molar-refractivity contribution in [2.75, 3.05) is 0 Å². The number of aromatic carboxylic acids is 1. The summed E-state index contributed by atoms with van der Waals surface area (Å²) in [5.74, 6) is -1.03. The summed E-state index contributed by atoms with van der Waals surface area (Å²) in [5, 5.41) is 9.03. The highest BCUT2D eigenvalue weighted by Gasteiger charge is 2.35. The molecule has 0 saturated carbocycles. The number of furan rings is 1. The maximum atomic E-state index is 13.3. The molecule has 9 heteroatoms. The Hall–Kier alpha value is -2.94. The molecular formula is C15H10F3N3O3. The minimum absolute atomic E-state index is 0.0251. The lowest BCUT2D eigenvalue weighted by atomic mass is 10.1. The second-order valence-electron chi connectivity index (χ2n) is 4.96. The van der Waals surface area contributed by atoms with Crippen LogP contribution in [0.3, 0.4) is 0 Å². The second kappa shape index (κ2) is 5.60. The molecule has 24 heavy (non-hydrogen) atoms. The van der Waals surface area contributed by atoms with Gasteiger partial charge in [-0.15, -0.1) is 0 Å². The first-order chi connectivity index (χ1) is 11.3. The average Bonchev–Trinajstić information content (AvgIpc) is 2.96. The predicted octanol–water partition coefficient (Wildman–Crippen LogP) is 3.07. The van der Waals surface area contributed by atoms with Crippen LogP contribution in [0.15, 0.2) is 35.0 Å². The van der Waals surface area contributed by atoms with Crippen LogP contribution < -0.4 is 5.73 Å². The monoisotopic (exact) mass is 337 g/mol. The maximum absolute atomic E-state index is 13.3. The molecule has 0 spiro atoms. The number of carboxylic acids is 1. The summed E-state index contributed by atoms with van der Waals surface area (Å²) in [7, 11) is 0. The van der Waals surface area contributed by atoms with Gasteiger partial charge in [0.1, 0.15) is 11.3 Å². The van der Waals surface area contributed by atoms with Gasteiger partial charge in [-0.3, -0.25) is 0 Å². The second-order valence-corrected chi connectivity index (χ2v) is 4.96. The van der Waals surface area contributed by atoms with Crippen LogP contribution in [0.25, 0.3) is 22.4 Å². The minimum Gasteiger partial charge on any atom is -0.478 e. The molecule has 0 aliphatic carbocycles. The normalized spacial score (nSPS) is 11.8. The highest BCUT2D eigenvalue weighted by molar-refractivity contribution is 5.88. The van der Waals surface area contributed by atoms with E-state index >= 15 is 0 Å². The van der Waals surface area contributed by atoms with Crippen LogP contribution in [-0.2, 0) is 12.7 Å². The van der Waals surface area contributed by atoms with E-state index in [1.54, 1.807) is 0 Å². The number of nitrogens with zero attached hydrogens (tertiary/aromatic N) is 2. The summed E-state index contributed by atoms with van der Waals surface area (Å²) in [6.45, 7) is -0.0366. The summed E-state index contributed by atoms with van der Waals surface area (Å²) in [5.41, 5.74) is 4.06. The highest BCUT2D eigenvalue weighted by Crippen LogP contribution is 2.38. The quantitative estimate of drug-likeness (QED) is 0.761. The number of hydrogen-bond donors (Lipinski definition) is 2. The number of hydrogen-bond acceptors (Lipinski definition) is 5. The van der Waals surface area contributed by atoms with Crippen molar-refractivity contribution in [3.05, 3.63) is 47.5 Å². The lowest BCUT2D eigenvalue weighted by Crippen LogP contribution is -2.06. The van der Waals surface area contributed by atoms with Crippen LogP contribution in [0.4, 0.5) is 13.2 Å². The molecule has 3 N–H and O–H groups in total. The van der Waals surface area contributed by atoms with E-state index in [-0.39, 0.29) is 40.2 Å². The molecule has 2 aromatic heterocycles. The number of aromatic nitrogens is 2. The zero-order chi connectivity index (χ0) is 17.5. The number of carbonyl (C=O) groups is 1. The summed E-state index contributed by atoms with van der Waals surface area (Å²) in [6, 6.07) is 3.71. The average molecular weight is 337 g/mol. The maximum Gasteiger partial charge on any atom is 0.420 e. The van der Waals surface area contributed by atoms with Crippen molar-refractivity contribution in [1.82, 2.24) is 9.97 Å². The molecule has 0 radical (unpaired) electrons. The lowest BCUT2D eigenvalue weighted by molar-refractivity contribution is -0.136. The summed E-state index contributed by atoms with van der Waals surface area (Å²) in [4.78, 5) is 18.4. The number of halogens is 3. The smallest absolute Gasteiger partial charge is 0.420 e. The number of nitrogens with two attached hydrogens (primary N) is 1. The van der Waals surface area contributed by atoms with E-state index in [4.69, 9.17) is 15.3 Å². The number of rotatable bonds is 3. The summed E-state index contributed by atoms with van der Waals surface area (Å²) in [6.07, 6.45) is -2.58. The van der Waals surface area contributed by atoms with Crippen molar-refractivity contribution in [2.24, 2.45) is 5.73 Å². The van der Waals surface area contributed by atoms with Gasteiger partial charge in [0.25, 0.3) is 0 Å². The molecule has 6 nitrogen and oxygen atoms in total. The standard InChI is InChI=1S/C15H10F3N3O3/c16-15(17,18)11-3-8(1-7-2-10(4-19)24-12(7)11)13-20-5-9(6-21-13)14(22)23/h1-3,5-6H,4,19H2,(H,22,23). The first-order valence-electron chi connectivity index (χ1n) is 6.69. The zero-order valence-corrected chi connectivity index (χ0v) is 12.0. The van der Waals surface area contributed by atoms with Gasteiger partial charge in [0.05, 0.1) is 17.7 Å². The van der Waals surface area contributed by atoms with Crippen LogP contribution in [0.5, 0.6) is 0 Å². The van der Waals surface area contributed by atoms with Gasteiger partial charge in [-0.25, -0.2) is 14.8 Å². The molecule has 0 unspecified atom stereocenters. The van der Waals surface area contributed by atoms with E-state index < -0.39 is 17.7 Å². The molecule has 0 amide bonds. The number of alkyl halides is 3. The van der Waals surface area contributed by atoms with Crippen molar-refractivity contribution < 1.29 is 27.5 Å². The molecule has 1 aromatic carbocycles. The molecule has 124 valence electrons. The summed E-state index contributed by atoms with van der Waals surface area (Å²) >= 11 is 0. The molecule has 0 fully saturated rings. The van der Waals surface area contributed by atoms with Gasteiger partial charge in [-0.2, -0.15) is 13.2 Å². The van der Waals surface area contributed by atoms with Crippen LogP contribution in [0.1, 0.15) is 21.7 Å². The van der Waals surface area contributed by atoms with E-state index in [0.29, 0.717) is 0 Å². The van der Waals surface area contributed by atoms with Crippen LogP contribution >= 0.6 is 0 Å². The number of carboxylic acid groups (broad SMARTS) is 1. The van der Waals surface area contributed by atoms with Gasteiger partial charge >= 0.3 is 12.1 Å². The molecule has 3 aromatic rings. The van der Waals surface area contributed by atoms with Crippen molar-refractivity contribution in [1.29, 1.82) is 0 Å². The van der Waals surface area contributed by atoms with Gasteiger partial charge in [0.2, 0.25) is 0 Å². The van der Waals surface area contributed by atoms with Crippen LogP contribution in [-0.4, -0.2) is 21.0 Å². The van der Waals surface area contributed by atoms with Crippen LogP contribution in [0, 0.1) is 0 Å². The largest absolute Gasteiger partial charge is 0.478 e. The fourth-order valence-electron chi connectivity index (χ4n) is 2.23. The van der Waals surface area contributed by atoms with Crippen LogP contribution in [0.2, 0.25) is 0 Å². The Labute approximate surface area is 132 Å². The van der Waals surface area contributed by atoms with E-state index in [0.717, 1.165) is 18.5 Å². The molecule has 0 atom stereocenters. The van der Waals surface area contributed by atoms with E-state index in [1.165, 1.54) is 12.1 Å². The zero-order valence-electron chi connectivity index (χ0n) is 12.0. The summed E-state index contributed by atoms with van der Waals surface area (Å²) < 4.78 is 45.0. The van der Waals surface area contributed by atoms with E-state index in [2.05, 4.69) is 9.97 Å². The van der Waals surface area contributed by atoms with Crippen molar-refractivity contribution in [2.45, 2.75) is 12.7 Å². The van der Waals surface area contributed by atoms with Gasteiger partial charge in [0, 0.05) is 23.3 Å². The van der Waals surface area contributed by atoms with Crippen molar-refractivity contribution in [3.8, 4) is 11.4 Å². The molecule has 2 heterocycles.